The molecule has 379 valence electrons. The Bertz CT molecular complexity index is 3970. The number of primary sulfonamides is 1. The maximum absolute atomic E-state index is 11.2. The van der Waals surface area contributed by atoms with Gasteiger partial charge in [0.2, 0.25) is 20.0 Å². The molecule has 0 unspecified atom stereocenters. The number of sulfonamides is 2. The van der Waals surface area contributed by atoms with Crippen LogP contribution in [0.15, 0.2) is 119 Å². The molecule has 10 rings (SSSR count). The first-order chi connectivity index (χ1) is 33.1. The fraction of sp³-hybridized carbons (Fsp3) is 0.119. The number of hydrogen-bond donors (Lipinski definition) is 5. The molecule has 0 saturated carbocycles. The Morgan fingerprint density at radius 2 is 0.931 bits per heavy atom. The summed E-state index contributed by atoms with van der Waals surface area (Å²) in [5, 5.41) is 7.85. The van der Waals surface area contributed by atoms with Crippen LogP contribution < -0.4 is 19.8 Å². The Morgan fingerprint density at radius 3 is 1.38 bits per heavy atom. The van der Waals surface area contributed by atoms with Gasteiger partial charge in [-0.3, -0.25) is 18.6 Å². The number of aromatic nitrogens is 9. The van der Waals surface area contributed by atoms with Crippen LogP contribution in [-0.2, 0) is 73.9 Å². The topological polar surface area (TPSA) is 388 Å². The number of nitrogens with one attached hydrogen (secondary N) is 1. The molecule has 6 N–H and O–H groups in total. The average Bonchev–Trinajstić information content (AvgIpc) is 4.00. The second-order valence-electron chi connectivity index (χ2n) is 15.2. The molecule has 0 spiro atoms. The molecule has 6 heterocycles. The van der Waals surface area contributed by atoms with Gasteiger partial charge in [0.05, 0.1) is 40.2 Å². The van der Waals surface area contributed by atoms with Crippen molar-refractivity contribution in [3.8, 4) is 45.7 Å². The Kier molecular flexibility index (Phi) is 16.2. The predicted octanol–water partition coefficient (Wildman–Crippen LogP) is 3.20. The van der Waals surface area contributed by atoms with Crippen LogP contribution in [0.3, 0.4) is 0 Å². The maximum Gasteiger partial charge on any atom is 2.00 e. The van der Waals surface area contributed by atoms with Crippen LogP contribution in [0.25, 0.3) is 89.8 Å². The van der Waals surface area contributed by atoms with E-state index in [2.05, 4.69) is 14.8 Å². The molecule has 0 saturated heterocycles. The van der Waals surface area contributed by atoms with E-state index in [1.165, 1.54) is 0 Å². The molecule has 0 fully saturated rings. The average molecular weight is 1130 g/mol. The van der Waals surface area contributed by atoms with E-state index in [4.69, 9.17) is 53.5 Å². The Labute approximate surface area is 421 Å². The summed E-state index contributed by atoms with van der Waals surface area (Å²) < 4.78 is 131. The number of nitrogens with zero attached hydrogens (tertiary/aromatic N) is 9. The fourth-order valence-corrected chi connectivity index (χ4v) is 8.68. The SMILES string of the molecule is CS(=O)(=O)NCCc1ccc(S(=O)(=O)O)cc1S(=O)(=O)O.CS(=O)(=O)O.CS(N)(=O)=O.[Cu+2].c1ccc2c(c1)-c1nc-2nc2[n-]c(nc3[n-]c(nc4nc(n1)-c1ncccc1-4)c1ccccc31)c1ccccc21. The predicted molar refractivity (Wildman–Crippen MR) is 261 cm³/mol. The van der Waals surface area contributed by atoms with E-state index in [1.54, 1.807) is 6.20 Å². The second kappa shape index (κ2) is 21.3. The smallest absolute Gasteiger partial charge is 0.357 e. The van der Waals surface area contributed by atoms with Crippen LogP contribution in [0.1, 0.15) is 5.56 Å². The van der Waals surface area contributed by atoms with Gasteiger partial charge in [0.25, 0.3) is 30.4 Å². The first kappa shape index (κ1) is 54.8. The van der Waals surface area contributed by atoms with Gasteiger partial charge in [0, 0.05) is 52.0 Å². The van der Waals surface area contributed by atoms with Crippen molar-refractivity contribution in [3.63, 3.8) is 0 Å². The zero-order chi connectivity index (χ0) is 51.7. The van der Waals surface area contributed by atoms with E-state index in [0.717, 1.165) is 62.9 Å². The number of nitrogens with two attached hydrogens (primary N) is 1. The van der Waals surface area contributed by atoms with Crippen LogP contribution in [-0.4, -0.2) is 116 Å². The molecule has 0 aliphatic carbocycles. The van der Waals surface area contributed by atoms with Crippen molar-refractivity contribution in [1.82, 2.24) is 49.6 Å². The third-order valence-electron chi connectivity index (χ3n) is 9.55. The van der Waals surface area contributed by atoms with Crippen molar-refractivity contribution in [3.05, 3.63) is 115 Å². The molecular weight excluding hydrogens is 1090 g/mol. The summed E-state index contributed by atoms with van der Waals surface area (Å²) in [6.07, 6.45) is 4.19. The summed E-state index contributed by atoms with van der Waals surface area (Å²) in [6.45, 7) is -0.146. The second-order valence-corrected chi connectivity index (χ2v) is 23.0. The number of pyridine rings is 1. The van der Waals surface area contributed by atoms with E-state index in [-0.39, 0.29) is 35.6 Å². The van der Waals surface area contributed by atoms with Crippen molar-refractivity contribution in [2.75, 3.05) is 25.3 Å². The van der Waals surface area contributed by atoms with Crippen molar-refractivity contribution in [1.29, 1.82) is 0 Å². The maximum atomic E-state index is 11.2. The molecule has 72 heavy (non-hydrogen) atoms. The van der Waals surface area contributed by atoms with Gasteiger partial charge in [0.15, 0.2) is 11.6 Å². The summed E-state index contributed by atoms with van der Waals surface area (Å²) in [4.78, 5) is 42.2. The molecule has 8 aromatic rings. The minimum Gasteiger partial charge on any atom is -0.357 e. The van der Waals surface area contributed by atoms with Gasteiger partial charge in [-0.1, -0.05) is 78.9 Å². The molecule has 2 aliphatic rings. The number of hydrogen-bond acceptors (Lipinski definition) is 17. The Hall–Kier alpha value is -6.54. The molecule has 0 atom stereocenters. The van der Waals surface area contributed by atoms with Crippen molar-refractivity contribution in [2.24, 2.45) is 5.14 Å². The summed E-state index contributed by atoms with van der Waals surface area (Å²) in [5.41, 5.74) is 5.31. The molecule has 4 aromatic carbocycles. The minimum atomic E-state index is -4.73. The molecule has 2 aliphatic heterocycles. The fourth-order valence-electron chi connectivity index (χ4n) is 6.85. The van der Waals surface area contributed by atoms with Crippen molar-refractivity contribution in [2.45, 2.75) is 16.2 Å². The normalized spacial score (nSPS) is 12.2. The first-order valence-corrected chi connectivity index (χ1v) is 28.6. The zero-order valence-corrected chi connectivity index (χ0v) is 42.2. The van der Waals surface area contributed by atoms with Crippen LogP contribution >= 0.6 is 0 Å². The third-order valence-corrected chi connectivity index (χ3v) is 12.1. The first-order valence-electron chi connectivity index (χ1n) is 20.0. The summed E-state index contributed by atoms with van der Waals surface area (Å²) in [5.74, 6) is 1.97. The van der Waals surface area contributed by atoms with E-state index in [1.807, 2.05) is 84.9 Å². The molecule has 30 heteroatoms. The number of rotatable bonds is 6. The van der Waals surface area contributed by atoms with Gasteiger partial charge >= 0.3 is 17.1 Å². The minimum absolute atomic E-state index is 0. The summed E-state index contributed by atoms with van der Waals surface area (Å²) in [6, 6.07) is 30.1. The standard InChI is InChI=1S/C31H15N9.C9H13NO8S3.CH5NO2S.CH4O3S.Cu/c1-2-9-17-16(8-1)24-33-25(17)35-27-20-12-5-6-13-21(20)29(37-27)39-31-23-22(14-7-15-32-23)30(40-31)38-28-19-11-4-3-10-18(19)26(34-24)36-28;1-19(11,12)10-5-4-7-2-3-8(20(13,14)15)6-9(7)21(16,17)18;2*1-5(2,3)4;/h1-15H;2-3,6,10H,4-5H2,1H3,(H,13,14,15)(H,16,17,18);1H3,(H2,2,3,4);1H3,(H,2,3,4);/q-2;;;;+2. The molecular formula is C42H37CuN11O13S5. The van der Waals surface area contributed by atoms with Crippen molar-refractivity contribution >= 4 is 94.5 Å². The molecule has 0 amide bonds. The van der Waals surface area contributed by atoms with Gasteiger partial charge in [-0.15, -0.1) is 0 Å². The van der Waals surface area contributed by atoms with E-state index in [0.29, 0.717) is 63.9 Å². The van der Waals surface area contributed by atoms with Crippen LogP contribution in [0.4, 0.5) is 0 Å². The number of fused-ring (bicyclic) bond motifs is 20. The Morgan fingerprint density at radius 1 is 0.528 bits per heavy atom. The molecule has 4 aromatic heterocycles. The monoisotopic (exact) mass is 1130 g/mol. The zero-order valence-electron chi connectivity index (χ0n) is 37.2. The van der Waals surface area contributed by atoms with Gasteiger partial charge in [0.1, 0.15) is 5.69 Å². The van der Waals surface area contributed by atoms with E-state index < -0.39 is 60.2 Å². The van der Waals surface area contributed by atoms with Crippen LogP contribution in [0.5, 0.6) is 0 Å². The third kappa shape index (κ3) is 13.9. The summed E-state index contributed by atoms with van der Waals surface area (Å²) >= 11 is 0. The molecule has 8 bridgehead atoms. The quantitative estimate of drug-likeness (QED) is 0.118. The van der Waals surface area contributed by atoms with E-state index in [9.17, 15) is 42.1 Å². The summed E-state index contributed by atoms with van der Waals surface area (Å²) in [7, 11) is -19.7. The molecule has 1 radical (unpaired) electrons. The van der Waals surface area contributed by atoms with Crippen molar-refractivity contribution < 1.29 is 72.8 Å². The van der Waals surface area contributed by atoms with Gasteiger partial charge in [-0.05, 0) is 57.8 Å². The largest absolute Gasteiger partial charge is 2.00 e. The van der Waals surface area contributed by atoms with Gasteiger partial charge in [-0.2, -0.15) is 25.3 Å². The van der Waals surface area contributed by atoms with Gasteiger partial charge in [-0.25, -0.2) is 41.6 Å². The number of benzene rings is 4. The van der Waals surface area contributed by atoms with Crippen LogP contribution in [0, 0.1) is 0 Å². The van der Waals surface area contributed by atoms with Crippen LogP contribution in [0.2, 0.25) is 0 Å². The van der Waals surface area contributed by atoms with Gasteiger partial charge < -0.3 is 24.9 Å². The van der Waals surface area contributed by atoms with E-state index >= 15 is 0 Å². The molecule has 24 nitrogen and oxygen atoms in total. The Balaban J connectivity index is 0.000000223.